The number of carbonyl (C=O) groups is 1. The van der Waals surface area contributed by atoms with Crippen molar-refractivity contribution in [2.24, 2.45) is 0 Å². The Morgan fingerprint density at radius 2 is 2.15 bits per heavy atom. The quantitative estimate of drug-likeness (QED) is 0.834. The van der Waals surface area contributed by atoms with Crippen molar-refractivity contribution in [1.82, 2.24) is 14.7 Å². The SMILES string of the molecule is CN(C)c1nsc(N2CCC3(CC2)CNC(=O)CO3)n1. The lowest BCUT2D eigenvalue weighted by molar-refractivity contribution is -0.146. The molecule has 0 radical (unpaired) electrons. The molecule has 3 heterocycles. The highest BCUT2D eigenvalue weighted by Crippen LogP contribution is 2.31. The van der Waals surface area contributed by atoms with Crippen LogP contribution in [0.2, 0.25) is 0 Å². The minimum Gasteiger partial charge on any atom is -0.363 e. The van der Waals surface area contributed by atoms with Crippen molar-refractivity contribution in [1.29, 1.82) is 0 Å². The molecule has 0 bridgehead atoms. The number of hydrogen-bond acceptors (Lipinski definition) is 7. The Labute approximate surface area is 122 Å². The summed E-state index contributed by atoms with van der Waals surface area (Å²) in [7, 11) is 3.88. The van der Waals surface area contributed by atoms with Crippen molar-refractivity contribution >= 4 is 28.5 Å². The van der Waals surface area contributed by atoms with Crippen LogP contribution in [-0.4, -0.2) is 61.2 Å². The number of amides is 1. The molecule has 1 N–H and O–H groups in total. The first kappa shape index (κ1) is 13.6. The molecule has 110 valence electrons. The highest BCUT2D eigenvalue weighted by Gasteiger charge is 2.39. The molecule has 1 spiro atoms. The van der Waals surface area contributed by atoms with E-state index in [4.69, 9.17) is 4.74 Å². The number of piperidine rings is 1. The highest BCUT2D eigenvalue weighted by atomic mass is 32.1. The van der Waals surface area contributed by atoms with E-state index in [1.165, 1.54) is 11.5 Å². The second-order valence-corrected chi connectivity index (χ2v) is 6.24. The number of anilines is 2. The number of aromatic nitrogens is 2. The Bertz CT molecular complexity index is 484. The molecule has 1 amide bonds. The van der Waals surface area contributed by atoms with E-state index in [2.05, 4.69) is 19.6 Å². The first-order chi connectivity index (χ1) is 9.58. The number of nitrogens with one attached hydrogen (secondary N) is 1. The van der Waals surface area contributed by atoms with Gasteiger partial charge in [0.1, 0.15) is 6.61 Å². The standard InChI is InChI=1S/C12H19N5O2S/c1-16(2)10-14-11(20-15-10)17-5-3-12(4-6-17)8-13-9(18)7-19-12/h3-8H2,1-2H3,(H,13,18). The van der Waals surface area contributed by atoms with Crippen LogP contribution in [-0.2, 0) is 9.53 Å². The van der Waals surface area contributed by atoms with Crippen LogP contribution < -0.4 is 15.1 Å². The monoisotopic (exact) mass is 297 g/mol. The third-order valence-corrected chi connectivity index (χ3v) is 4.63. The highest BCUT2D eigenvalue weighted by molar-refractivity contribution is 7.09. The fraction of sp³-hybridized carbons (Fsp3) is 0.750. The lowest BCUT2D eigenvalue weighted by atomic mass is 9.90. The number of hydrogen-bond donors (Lipinski definition) is 1. The number of rotatable bonds is 2. The second kappa shape index (κ2) is 5.17. The summed E-state index contributed by atoms with van der Waals surface area (Å²) in [6, 6.07) is 0. The predicted molar refractivity (Wildman–Crippen MR) is 77.4 cm³/mol. The van der Waals surface area contributed by atoms with Crippen LogP contribution in [0.1, 0.15) is 12.8 Å². The summed E-state index contributed by atoms with van der Waals surface area (Å²) in [6.45, 7) is 2.58. The van der Waals surface area contributed by atoms with Crippen LogP contribution in [0.4, 0.5) is 11.1 Å². The van der Waals surface area contributed by atoms with Crippen molar-refractivity contribution in [3.05, 3.63) is 0 Å². The van der Waals surface area contributed by atoms with Crippen LogP contribution in [0, 0.1) is 0 Å². The molecule has 0 aromatic carbocycles. The Balaban J connectivity index is 1.61. The largest absolute Gasteiger partial charge is 0.363 e. The maximum Gasteiger partial charge on any atom is 0.246 e. The van der Waals surface area contributed by atoms with Crippen LogP contribution in [0.25, 0.3) is 0 Å². The zero-order valence-electron chi connectivity index (χ0n) is 11.8. The molecule has 0 atom stereocenters. The topological polar surface area (TPSA) is 70.6 Å². The fourth-order valence-corrected chi connectivity index (χ4v) is 3.31. The minimum absolute atomic E-state index is 0.0159. The minimum atomic E-state index is -0.181. The van der Waals surface area contributed by atoms with Gasteiger partial charge in [0.15, 0.2) is 0 Å². The van der Waals surface area contributed by atoms with Crippen molar-refractivity contribution in [2.45, 2.75) is 18.4 Å². The van der Waals surface area contributed by atoms with Crippen LogP contribution in [0.5, 0.6) is 0 Å². The van der Waals surface area contributed by atoms with Crippen molar-refractivity contribution < 1.29 is 9.53 Å². The Kier molecular flexibility index (Phi) is 3.51. The molecule has 0 aliphatic carbocycles. The van der Waals surface area contributed by atoms with Crippen molar-refractivity contribution in [3.8, 4) is 0 Å². The molecule has 1 aromatic rings. The van der Waals surface area contributed by atoms with E-state index in [0.29, 0.717) is 6.54 Å². The number of morpholine rings is 1. The van der Waals surface area contributed by atoms with Crippen LogP contribution >= 0.6 is 11.5 Å². The number of carbonyl (C=O) groups excluding carboxylic acids is 1. The molecule has 2 aliphatic heterocycles. The molecular formula is C12H19N5O2S. The van der Waals surface area contributed by atoms with Gasteiger partial charge in [-0.1, -0.05) is 0 Å². The fourth-order valence-electron chi connectivity index (χ4n) is 2.53. The molecule has 3 rings (SSSR count). The van der Waals surface area contributed by atoms with Crippen LogP contribution in [0.3, 0.4) is 0 Å². The van der Waals surface area contributed by atoms with Gasteiger partial charge in [-0.05, 0) is 12.8 Å². The first-order valence-corrected chi connectivity index (χ1v) is 7.52. The maximum atomic E-state index is 11.2. The van der Waals surface area contributed by atoms with E-state index in [0.717, 1.165) is 37.0 Å². The van der Waals surface area contributed by atoms with Gasteiger partial charge in [0.05, 0.1) is 5.60 Å². The molecule has 20 heavy (non-hydrogen) atoms. The molecule has 0 saturated carbocycles. The van der Waals surface area contributed by atoms with Gasteiger partial charge in [-0.25, -0.2) is 0 Å². The van der Waals surface area contributed by atoms with E-state index < -0.39 is 0 Å². The average molecular weight is 297 g/mol. The maximum absolute atomic E-state index is 11.2. The lowest BCUT2D eigenvalue weighted by Crippen LogP contribution is -2.57. The molecule has 2 saturated heterocycles. The summed E-state index contributed by atoms with van der Waals surface area (Å²) < 4.78 is 10.1. The van der Waals surface area contributed by atoms with Crippen molar-refractivity contribution in [3.63, 3.8) is 0 Å². The lowest BCUT2D eigenvalue weighted by Gasteiger charge is -2.43. The smallest absolute Gasteiger partial charge is 0.246 e. The van der Waals surface area contributed by atoms with Gasteiger partial charge in [-0.3, -0.25) is 4.79 Å². The Morgan fingerprint density at radius 3 is 2.70 bits per heavy atom. The van der Waals surface area contributed by atoms with E-state index in [-0.39, 0.29) is 18.1 Å². The first-order valence-electron chi connectivity index (χ1n) is 6.75. The predicted octanol–water partition coefficient (Wildman–Crippen LogP) is 0.0895. The average Bonchev–Trinajstić information content (AvgIpc) is 2.93. The van der Waals surface area contributed by atoms with Gasteiger partial charge in [0.25, 0.3) is 0 Å². The molecule has 1 aromatic heterocycles. The number of ether oxygens (including phenoxy) is 1. The van der Waals surface area contributed by atoms with Crippen LogP contribution in [0.15, 0.2) is 0 Å². The third-order valence-electron chi connectivity index (χ3n) is 3.87. The zero-order chi connectivity index (χ0) is 14.2. The summed E-state index contributed by atoms with van der Waals surface area (Å²) >= 11 is 1.43. The summed E-state index contributed by atoms with van der Waals surface area (Å²) in [6.07, 6.45) is 1.81. The van der Waals surface area contributed by atoms with Crippen molar-refractivity contribution in [2.75, 3.05) is 50.1 Å². The van der Waals surface area contributed by atoms with E-state index in [1.54, 1.807) is 0 Å². The molecule has 2 aliphatic rings. The Hall–Kier alpha value is -1.41. The molecular weight excluding hydrogens is 278 g/mol. The van der Waals surface area contributed by atoms with E-state index in [9.17, 15) is 4.79 Å². The zero-order valence-corrected chi connectivity index (χ0v) is 12.6. The molecule has 7 nitrogen and oxygen atoms in total. The second-order valence-electron chi connectivity index (χ2n) is 5.51. The van der Waals surface area contributed by atoms with Gasteiger partial charge in [0.2, 0.25) is 17.0 Å². The van der Waals surface area contributed by atoms with Gasteiger partial charge in [0, 0.05) is 45.3 Å². The van der Waals surface area contributed by atoms with E-state index in [1.807, 2.05) is 19.0 Å². The van der Waals surface area contributed by atoms with Gasteiger partial charge >= 0.3 is 0 Å². The molecule has 0 unspecified atom stereocenters. The van der Waals surface area contributed by atoms with Gasteiger partial charge < -0.3 is 19.9 Å². The number of nitrogens with zero attached hydrogens (tertiary/aromatic N) is 4. The van der Waals surface area contributed by atoms with Gasteiger partial charge in [-0.2, -0.15) is 9.36 Å². The molecule has 8 heteroatoms. The summed E-state index contributed by atoms with van der Waals surface area (Å²) in [4.78, 5) is 19.9. The summed E-state index contributed by atoms with van der Waals surface area (Å²) in [5.74, 6) is 0.740. The summed E-state index contributed by atoms with van der Waals surface area (Å²) in [5.41, 5.74) is -0.181. The summed E-state index contributed by atoms with van der Waals surface area (Å²) in [5, 5.41) is 3.86. The molecule has 2 fully saturated rings. The van der Waals surface area contributed by atoms with Gasteiger partial charge in [-0.15, -0.1) is 0 Å². The Morgan fingerprint density at radius 1 is 1.40 bits per heavy atom. The van der Waals surface area contributed by atoms with E-state index >= 15 is 0 Å². The normalized spacial score (nSPS) is 21.9. The third kappa shape index (κ3) is 2.57.